The minimum absolute atomic E-state index is 0.0467. The molecule has 242 valence electrons. The van der Waals surface area contributed by atoms with Crippen LogP contribution >= 0.6 is 11.3 Å². The van der Waals surface area contributed by atoms with Crippen molar-refractivity contribution in [2.45, 2.75) is 50.7 Å². The number of benzene rings is 2. The fourth-order valence-electron chi connectivity index (χ4n) is 5.00. The van der Waals surface area contributed by atoms with Gasteiger partial charge in [-0.25, -0.2) is 21.8 Å². The van der Waals surface area contributed by atoms with E-state index in [0.717, 1.165) is 15.8 Å². The minimum Gasteiger partial charge on any atom is -0.390 e. The summed E-state index contributed by atoms with van der Waals surface area (Å²) >= 11 is 1.41. The van der Waals surface area contributed by atoms with Gasteiger partial charge >= 0.3 is 0 Å². The molecule has 0 saturated carbocycles. The molecule has 0 aliphatic heterocycles. The number of fused-ring (bicyclic) bond motifs is 1. The summed E-state index contributed by atoms with van der Waals surface area (Å²) in [5.41, 5.74) is 3.89. The molecule has 0 saturated heterocycles. The van der Waals surface area contributed by atoms with Crippen molar-refractivity contribution in [1.82, 2.24) is 19.6 Å². The number of amides is 1. The number of aryl methyl sites for hydroxylation is 1. The summed E-state index contributed by atoms with van der Waals surface area (Å²) in [6.07, 6.45) is 2.44. The Bertz CT molecular complexity index is 1760. The number of sulfone groups is 1. The van der Waals surface area contributed by atoms with Gasteiger partial charge in [0, 0.05) is 31.4 Å². The molecule has 4 rings (SSSR count). The third-order valence-corrected chi connectivity index (χ3v) is 11.9. The van der Waals surface area contributed by atoms with Crippen LogP contribution in [0.2, 0.25) is 0 Å². The Kier molecular flexibility index (Phi) is 11.8. The van der Waals surface area contributed by atoms with Crippen LogP contribution in [0.5, 0.6) is 0 Å². The number of aliphatic hydroxyl groups excluding tert-OH is 1. The molecule has 0 bridgehead atoms. The zero-order chi connectivity index (χ0) is 32.6. The molecule has 2 aromatic heterocycles. The summed E-state index contributed by atoms with van der Waals surface area (Å²) in [5, 5.41) is 14.4. The van der Waals surface area contributed by atoms with Crippen molar-refractivity contribution < 1.29 is 26.7 Å². The standard InChI is InChI=1S/C32H40N4O6S3/c1-23(2)19-36(45(41,42)27-9-10-31-29(18-27)34-22-43-31)20-30(37)28(17-26-7-5-4-6-8-26)35-32(38)24(3)21-44(39,40)16-13-25-11-14-33-15-12-25/h4-12,14-15,18,22-24,28,30,37H,13,16-17,19-21H2,1-3H3,(H,35,38)/t24-,28?,30-/m1/s1. The third kappa shape index (κ3) is 9.88. The summed E-state index contributed by atoms with van der Waals surface area (Å²) in [6.45, 7) is 5.19. The summed E-state index contributed by atoms with van der Waals surface area (Å²) in [4.78, 5) is 21.6. The Labute approximate surface area is 269 Å². The van der Waals surface area contributed by atoms with Crippen LogP contribution in [-0.2, 0) is 37.5 Å². The molecule has 0 radical (unpaired) electrons. The summed E-state index contributed by atoms with van der Waals surface area (Å²) in [7, 11) is -7.59. The van der Waals surface area contributed by atoms with E-state index in [-0.39, 0.29) is 41.8 Å². The van der Waals surface area contributed by atoms with Crippen LogP contribution in [0.1, 0.15) is 31.9 Å². The summed E-state index contributed by atoms with van der Waals surface area (Å²) in [5.74, 6) is -1.94. The lowest BCUT2D eigenvalue weighted by Crippen LogP contribution is -2.52. The average Bonchev–Trinajstić information content (AvgIpc) is 3.48. The Hall–Kier alpha value is -3.23. The van der Waals surface area contributed by atoms with Gasteiger partial charge in [0.2, 0.25) is 15.9 Å². The number of nitrogens with one attached hydrogen (secondary N) is 1. The number of carbonyl (C=O) groups is 1. The molecule has 1 unspecified atom stereocenters. The molecule has 10 nitrogen and oxygen atoms in total. The van der Waals surface area contributed by atoms with Crippen LogP contribution in [0.15, 0.2) is 83.5 Å². The zero-order valence-corrected chi connectivity index (χ0v) is 28.1. The predicted octanol–water partition coefficient (Wildman–Crippen LogP) is 3.72. The molecule has 45 heavy (non-hydrogen) atoms. The number of nitrogens with zero attached hydrogens (tertiary/aromatic N) is 3. The smallest absolute Gasteiger partial charge is 0.243 e. The number of aromatic nitrogens is 2. The van der Waals surface area contributed by atoms with E-state index in [4.69, 9.17) is 0 Å². The number of hydrogen-bond donors (Lipinski definition) is 2. The van der Waals surface area contributed by atoms with Crippen molar-refractivity contribution in [3.05, 3.63) is 89.7 Å². The molecular formula is C32H40N4O6S3. The van der Waals surface area contributed by atoms with Crippen LogP contribution in [-0.4, -0.2) is 78.9 Å². The van der Waals surface area contributed by atoms with Crippen LogP contribution < -0.4 is 5.32 Å². The fraction of sp³-hybridized carbons (Fsp3) is 0.406. The molecule has 2 aromatic carbocycles. The first-order valence-electron chi connectivity index (χ1n) is 14.8. The number of pyridine rings is 1. The first-order chi connectivity index (χ1) is 21.3. The van der Waals surface area contributed by atoms with E-state index in [2.05, 4.69) is 15.3 Å². The Balaban J connectivity index is 1.51. The maximum Gasteiger partial charge on any atom is 0.243 e. The largest absolute Gasteiger partial charge is 0.390 e. The molecule has 3 atom stereocenters. The highest BCUT2D eigenvalue weighted by atomic mass is 32.2. The van der Waals surface area contributed by atoms with Crippen molar-refractivity contribution in [3.8, 4) is 0 Å². The molecular weight excluding hydrogens is 633 g/mol. The SMILES string of the molecule is CC(C)CN(C[C@@H](O)C(Cc1ccccc1)NC(=O)[C@H](C)CS(=O)(=O)CCc1ccncc1)S(=O)(=O)c1ccc2scnc2c1. The number of carbonyl (C=O) groups excluding carboxylic acids is 1. The summed E-state index contributed by atoms with van der Waals surface area (Å²) < 4.78 is 55.5. The van der Waals surface area contributed by atoms with Crippen molar-refractivity contribution in [3.63, 3.8) is 0 Å². The van der Waals surface area contributed by atoms with Crippen LogP contribution in [0.3, 0.4) is 0 Å². The van der Waals surface area contributed by atoms with Crippen molar-refractivity contribution in [2.24, 2.45) is 11.8 Å². The molecule has 4 aromatic rings. The van der Waals surface area contributed by atoms with E-state index in [1.165, 1.54) is 34.7 Å². The number of sulfonamides is 1. The molecule has 0 aliphatic rings. The topological polar surface area (TPSA) is 147 Å². The average molecular weight is 673 g/mol. The second kappa shape index (κ2) is 15.4. The van der Waals surface area contributed by atoms with E-state index >= 15 is 0 Å². The van der Waals surface area contributed by atoms with Crippen molar-refractivity contribution >= 4 is 47.3 Å². The lowest BCUT2D eigenvalue weighted by molar-refractivity contribution is -0.125. The van der Waals surface area contributed by atoms with E-state index < -0.39 is 43.8 Å². The van der Waals surface area contributed by atoms with Gasteiger partial charge in [-0.15, -0.1) is 11.3 Å². The number of hydrogen-bond acceptors (Lipinski definition) is 9. The van der Waals surface area contributed by atoms with Gasteiger partial charge in [-0.3, -0.25) is 9.78 Å². The van der Waals surface area contributed by atoms with Gasteiger partial charge < -0.3 is 10.4 Å². The maximum absolute atomic E-state index is 13.8. The minimum atomic E-state index is -4.02. The van der Waals surface area contributed by atoms with E-state index in [1.807, 2.05) is 44.2 Å². The fourth-order valence-corrected chi connectivity index (χ4v) is 8.93. The van der Waals surface area contributed by atoms with Gasteiger partial charge in [0.1, 0.15) is 0 Å². The van der Waals surface area contributed by atoms with Crippen LogP contribution in [0.25, 0.3) is 10.2 Å². The number of aliphatic hydroxyl groups is 1. The monoisotopic (exact) mass is 672 g/mol. The molecule has 0 fully saturated rings. The van der Waals surface area contributed by atoms with E-state index in [0.29, 0.717) is 11.9 Å². The third-order valence-electron chi connectivity index (χ3n) is 7.39. The van der Waals surface area contributed by atoms with Gasteiger partial charge in [0.05, 0.1) is 44.3 Å². The highest BCUT2D eigenvalue weighted by Crippen LogP contribution is 2.25. The first-order valence-corrected chi connectivity index (χ1v) is 18.9. The van der Waals surface area contributed by atoms with E-state index in [1.54, 1.807) is 36.1 Å². The number of rotatable bonds is 16. The van der Waals surface area contributed by atoms with Gasteiger partial charge in [0.25, 0.3) is 0 Å². The Morgan fingerprint density at radius 1 is 0.956 bits per heavy atom. The molecule has 2 N–H and O–H groups in total. The first kappa shape index (κ1) is 34.6. The molecule has 13 heteroatoms. The maximum atomic E-state index is 13.8. The van der Waals surface area contributed by atoms with Gasteiger partial charge in [-0.2, -0.15) is 4.31 Å². The second-order valence-electron chi connectivity index (χ2n) is 11.7. The highest BCUT2D eigenvalue weighted by molar-refractivity contribution is 7.91. The lowest BCUT2D eigenvalue weighted by Gasteiger charge is -2.31. The zero-order valence-electron chi connectivity index (χ0n) is 25.6. The lowest BCUT2D eigenvalue weighted by atomic mass is 10.00. The predicted molar refractivity (Wildman–Crippen MR) is 177 cm³/mol. The van der Waals surface area contributed by atoms with Crippen LogP contribution in [0.4, 0.5) is 0 Å². The molecule has 2 heterocycles. The summed E-state index contributed by atoms with van der Waals surface area (Å²) in [6, 6.07) is 16.6. The molecule has 1 amide bonds. The Morgan fingerprint density at radius 3 is 2.36 bits per heavy atom. The van der Waals surface area contributed by atoms with Crippen LogP contribution in [0, 0.1) is 11.8 Å². The normalized spacial score (nSPS) is 14.4. The van der Waals surface area contributed by atoms with Crippen molar-refractivity contribution in [1.29, 1.82) is 0 Å². The highest BCUT2D eigenvalue weighted by Gasteiger charge is 2.33. The van der Waals surface area contributed by atoms with Gasteiger partial charge in [-0.05, 0) is 60.2 Å². The van der Waals surface area contributed by atoms with Gasteiger partial charge in [0.15, 0.2) is 9.84 Å². The molecule has 0 spiro atoms. The van der Waals surface area contributed by atoms with Crippen molar-refractivity contribution in [2.75, 3.05) is 24.6 Å². The second-order valence-corrected chi connectivity index (χ2v) is 16.7. The number of thiazole rings is 1. The van der Waals surface area contributed by atoms with E-state index in [9.17, 15) is 26.7 Å². The Morgan fingerprint density at radius 2 is 1.67 bits per heavy atom. The van der Waals surface area contributed by atoms with Gasteiger partial charge in [-0.1, -0.05) is 51.1 Å². The quantitative estimate of drug-likeness (QED) is 0.183. The molecule has 0 aliphatic carbocycles.